The summed E-state index contributed by atoms with van der Waals surface area (Å²) in [5, 5.41) is 20.2. The van der Waals surface area contributed by atoms with Crippen LogP contribution in [0, 0.1) is 10.1 Å². The number of fused-ring (bicyclic) bond motifs is 1. The normalized spacial score (nSPS) is 17.4. The molecule has 2 heterocycles. The van der Waals surface area contributed by atoms with Gasteiger partial charge >= 0.3 is 5.97 Å². The van der Waals surface area contributed by atoms with E-state index in [1.165, 1.54) is 24.3 Å². The fraction of sp³-hybridized carbons (Fsp3) is 0.412. The van der Waals surface area contributed by atoms with Gasteiger partial charge in [0.15, 0.2) is 5.76 Å². The number of nitrogens with zero attached hydrogens (tertiary/aromatic N) is 3. The number of carboxylic acids is 1. The van der Waals surface area contributed by atoms with Crippen LogP contribution >= 0.6 is 0 Å². The summed E-state index contributed by atoms with van der Waals surface area (Å²) >= 11 is 0. The number of rotatable bonds is 6. The van der Waals surface area contributed by atoms with Gasteiger partial charge in [-0.15, -0.1) is 0 Å². The van der Waals surface area contributed by atoms with Crippen LogP contribution in [0.25, 0.3) is 11.0 Å². The van der Waals surface area contributed by atoms with Crippen molar-refractivity contribution in [1.82, 2.24) is 9.80 Å². The van der Waals surface area contributed by atoms with E-state index < -0.39 is 10.9 Å². The van der Waals surface area contributed by atoms with E-state index in [1.807, 2.05) is 0 Å². The Kier molecular flexibility index (Phi) is 5.38. The first-order valence-corrected chi connectivity index (χ1v) is 8.32. The zero-order chi connectivity index (χ0) is 19.6. The Morgan fingerprint density at radius 3 is 2.89 bits per heavy atom. The molecule has 0 bridgehead atoms. The zero-order valence-corrected chi connectivity index (χ0v) is 14.7. The molecule has 1 aliphatic rings. The molecule has 144 valence electrons. The minimum absolute atomic E-state index is 0.0739. The molecule has 1 aromatic carbocycles. The molecular weight excluding hydrogens is 358 g/mol. The molecule has 0 saturated carbocycles. The van der Waals surface area contributed by atoms with Crippen LogP contribution in [0.5, 0.6) is 0 Å². The largest absolute Gasteiger partial charge is 0.480 e. The van der Waals surface area contributed by atoms with E-state index in [0.29, 0.717) is 37.2 Å². The molecule has 27 heavy (non-hydrogen) atoms. The molecule has 0 radical (unpaired) electrons. The van der Waals surface area contributed by atoms with Crippen molar-refractivity contribution in [2.75, 3.05) is 39.8 Å². The number of ether oxygens (including phenoxy) is 1. The standard InChI is InChI=1S/C17H19N3O7/c1-18(10-16(21)22)8-13-9-19(4-5-26-13)17(23)15-7-11-6-12(20(24)25)2-3-14(11)27-15/h2-3,6-7,13H,4-5,8-10H2,1H3,(H,21,22). The Hall–Kier alpha value is -2.98. The Morgan fingerprint density at radius 2 is 2.19 bits per heavy atom. The molecule has 0 spiro atoms. The summed E-state index contributed by atoms with van der Waals surface area (Å²) in [7, 11) is 1.67. The van der Waals surface area contributed by atoms with Crippen molar-refractivity contribution in [2.45, 2.75) is 6.10 Å². The van der Waals surface area contributed by atoms with Crippen molar-refractivity contribution in [3.63, 3.8) is 0 Å². The lowest BCUT2D eigenvalue weighted by atomic mass is 10.2. The number of non-ortho nitro benzene ring substituents is 1. The average Bonchev–Trinajstić information content (AvgIpc) is 3.03. The zero-order valence-electron chi connectivity index (χ0n) is 14.7. The molecule has 1 aliphatic heterocycles. The number of hydrogen-bond acceptors (Lipinski definition) is 7. The predicted octanol–water partition coefficient (Wildman–Crippen LogP) is 1.20. The molecule has 2 aromatic rings. The molecular formula is C17H19N3O7. The van der Waals surface area contributed by atoms with Gasteiger partial charge in [-0.1, -0.05) is 0 Å². The SMILES string of the molecule is CN(CC(=O)O)CC1CN(C(=O)c2cc3cc([N+](=O)[O-])ccc3o2)CCO1. The first-order valence-electron chi connectivity index (χ1n) is 8.32. The number of nitro groups is 1. The van der Waals surface area contributed by atoms with Crippen LogP contribution in [0.4, 0.5) is 5.69 Å². The summed E-state index contributed by atoms with van der Waals surface area (Å²) in [6, 6.07) is 5.64. The number of benzene rings is 1. The molecule has 1 amide bonds. The fourth-order valence-corrected chi connectivity index (χ4v) is 3.06. The van der Waals surface area contributed by atoms with Crippen LogP contribution in [0.3, 0.4) is 0 Å². The average molecular weight is 377 g/mol. The van der Waals surface area contributed by atoms with Crippen LogP contribution in [0.1, 0.15) is 10.6 Å². The van der Waals surface area contributed by atoms with E-state index in [-0.39, 0.29) is 30.0 Å². The van der Waals surface area contributed by atoms with E-state index in [2.05, 4.69) is 0 Å². The third-order valence-corrected chi connectivity index (χ3v) is 4.27. The summed E-state index contributed by atoms with van der Waals surface area (Å²) in [5.74, 6) is -1.16. The molecule has 0 aliphatic carbocycles. The number of hydrogen-bond donors (Lipinski definition) is 1. The van der Waals surface area contributed by atoms with Crippen molar-refractivity contribution in [1.29, 1.82) is 0 Å². The van der Waals surface area contributed by atoms with Crippen LogP contribution in [0.2, 0.25) is 0 Å². The molecule has 1 saturated heterocycles. The van der Waals surface area contributed by atoms with Gasteiger partial charge in [-0.2, -0.15) is 0 Å². The fourth-order valence-electron chi connectivity index (χ4n) is 3.06. The maximum absolute atomic E-state index is 12.7. The Morgan fingerprint density at radius 1 is 1.41 bits per heavy atom. The molecule has 1 aromatic heterocycles. The number of nitro benzene ring substituents is 1. The first kappa shape index (κ1) is 18.8. The number of likely N-dealkylation sites (N-methyl/N-ethyl adjacent to an activating group) is 1. The van der Waals surface area contributed by atoms with E-state index in [4.69, 9.17) is 14.3 Å². The van der Waals surface area contributed by atoms with Crippen LogP contribution in [-0.2, 0) is 9.53 Å². The maximum atomic E-state index is 12.7. The predicted molar refractivity (Wildman–Crippen MR) is 93.6 cm³/mol. The van der Waals surface area contributed by atoms with E-state index in [9.17, 15) is 19.7 Å². The first-order chi connectivity index (χ1) is 12.8. The van der Waals surface area contributed by atoms with Crippen molar-refractivity contribution in [3.05, 3.63) is 40.1 Å². The Balaban J connectivity index is 1.70. The van der Waals surface area contributed by atoms with Gasteiger partial charge in [0.1, 0.15) is 5.58 Å². The minimum atomic E-state index is -0.933. The number of carbonyl (C=O) groups is 2. The van der Waals surface area contributed by atoms with Gasteiger partial charge in [0, 0.05) is 37.2 Å². The van der Waals surface area contributed by atoms with Crippen LogP contribution in [0.15, 0.2) is 28.7 Å². The van der Waals surface area contributed by atoms with Crippen molar-refractivity contribution >= 4 is 28.5 Å². The van der Waals surface area contributed by atoms with Gasteiger partial charge in [-0.05, 0) is 19.2 Å². The highest BCUT2D eigenvalue weighted by molar-refractivity contribution is 5.96. The topological polar surface area (TPSA) is 126 Å². The van der Waals surface area contributed by atoms with E-state index >= 15 is 0 Å². The lowest BCUT2D eigenvalue weighted by molar-refractivity contribution is -0.384. The van der Waals surface area contributed by atoms with Gasteiger partial charge in [0.25, 0.3) is 11.6 Å². The Bertz CT molecular complexity index is 879. The van der Waals surface area contributed by atoms with Gasteiger partial charge in [0.2, 0.25) is 0 Å². The highest BCUT2D eigenvalue weighted by Crippen LogP contribution is 2.25. The third kappa shape index (κ3) is 4.41. The monoisotopic (exact) mass is 377 g/mol. The summed E-state index contributed by atoms with van der Waals surface area (Å²) in [4.78, 5) is 37.0. The van der Waals surface area contributed by atoms with Crippen molar-refractivity contribution in [2.24, 2.45) is 0 Å². The summed E-state index contributed by atoms with van der Waals surface area (Å²) in [5.41, 5.74) is 0.324. The summed E-state index contributed by atoms with van der Waals surface area (Å²) in [6.45, 7) is 1.29. The number of carboxylic acid groups (broad SMARTS) is 1. The van der Waals surface area contributed by atoms with Gasteiger partial charge in [-0.25, -0.2) is 0 Å². The molecule has 3 rings (SSSR count). The van der Waals surface area contributed by atoms with Crippen molar-refractivity contribution in [3.8, 4) is 0 Å². The Labute approximate surface area is 154 Å². The lowest BCUT2D eigenvalue weighted by Gasteiger charge is -2.34. The second-order valence-electron chi connectivity index (χ2n) is 6.42. The van der Waals surface area contributed by atoms with E-state index in [0.717, 1.165) is 0 Å². The number of furan rings is 1. The lowest BCUT2D eigenvalue weighted by Crippen LogP contribution is -2.49. The second kappa shape index (κ2) is 7.72. The molecule has 1 fully saturated rings. The highest BCUT2D eigenvalue weighted by atomic mass is 16.6. The van der Waals surface area contributed by atoms with Crippen LogP contribution in [-0.4, -0.2) is 77.6 Å². The summed E-state index contributed by atoms with van der Waals surface area (Å²) < 4.78 is 11.2. The minimum Gasteiger partial charge on any atom is -0.480 e. The third-order valence-electron chi connectivity index (χ3n) is 4.27. The van der Waals surface area contributed by atoms with E-state index in [1.54, 1.807) is 16.8 Å². The number of aliphatic carboxylic acids is 1. The van der Waals surface area contributed by atoms with Crippen molar-refractivity contribution < 1.29 is 28.8 Å². The smallest absolute Gasteiger partial charge is 0.317 e. The number of morpholine rings is 1. The highest BCUT2D eigenvalue weighted by Gasteiger charge is 2.28. The van der Waals surface area contributed by atoms with Crippen LogP contribution < -0.4 is 0 Å². The number of carbonyl (C=O) groups excluding carboxylic acids is 1. The molecule has 1 atom stereocenters. The van der Waals surface area contributed by atoms with Gasteiger partial charge in [-0.3, -0.25) is 24.6 Å². The molecule has 1 unspecified atom stereocenters. The molecule has 10 heteroatoms. The molecule has 10 nitrogen and oxygen atoms in total. The van der Waals surface area contributed by atoms with Gasteiger partial charge < -0.3 is 19.2 Å². The number of amides is 1. The molecule has 1 N–H and O–H groups in total. The second-order valence-corrected chi connectivity index (χ2v) is 6.42. The maximum Gasteiger partial charge on any atom is 0.317 e. The van der Waals surface area contributed by atoms with Gasteiger partial charge in [0.05, 0.1) is 24.2 Å². The summed E-state index contributed by atoms with van der Waals surface area (Å²) in [6.07, 6.45) is -0.308. The quantitative estimate of drug-likeness (QED) is 0.588.